The molecule has 0 unspecified atom stereocenters. The fourth-order valence-corrected chi connectivity index (χ4v) is 1.86. The minimum atomic E-state index is -0.546. The number of rotatable bonds is 5. The molecule has 2 N–H and O–H groups in total. The molecule has 0 aliphatic carbocycles. The first-order valence-electron chi connectivity index (χ1n) is 6.69. The molecular weight excluding hydrogens is 232 g/mol. The van der Waals surface area contributed by atoms with Gasteiger partial charge in [-0.05, 0) is 19.8 Å². The van der Waals surface area contributed by atoms with E-state index in [1.165, 1.54) is 0 Å². The van der Waals surface area contributed by atoms with Crippen LogP contribution in [0.25, 0.3) is 0 Å². The van der Waals surface area contributed by atoms with Gasteiger partial charge in [-0.15, -0.1) is 0 Å². The first-order chi connectivity index (χ1) is 8.41. The fourth-order valence-electron chi connectivity index (χ4n) is 1.86. The second-order valence-corrected chi connectivity index (χ2v) is 5.48. The first kappa shape index (κ1) is 15.4. The molecule has 0 saturated carbocycles. The van der Waals surface area contributed by atoms with E-state index in [0.29, 0.717) is 19.3 Å². The lowest BCUT2D eigenvalue weighted by atomic mass is 10.1. The van der Waals surface area contributed by atoms with Crippen LogP contribution >= 0.6 is 0 Å². The van der Waals surface area contributed by atoms with Crippen molar-refractivity contribution in [2.24, 2.45) is 11.7 Å². The van der Waals surface area contributed by atoms with Gasteiger partial charge in [0.25, 0.3) is 0 Å². The molecule has 5 heteroatoms. The zero-order chi connectivity index (χ0) is 13.7. The molecule has 1 aliphatic rings. The van der Waals surface area contributed by atoms with Gasteiger partial charge >= 0.3 is 5.97 Å². The van der Waals surface area contributed by atoms with Crippen molar-refractivity contribution in [1.82, 2.24) is 4.90 Å². The van der Waals surface area contributed by atoms with E-state index in [-0.39, 0.29) is 18.0 Å². The van der Waals surface area contributed by atoms with E-state index in [0.717, 1.165) is 13.1 Å². The van der Waals surface area contributed by atoms with Crippen molar-refractivity contribution in [3.63, 3.8) is 0 Å². The maximum atomic E-state index is 11.6. The zero-order valence-corrected chi connectivity index (χ0v) is 11.9. The summed E-state index contributed by atoms with van der Waals surface area (Å²) >= 11 is 0. The SMILES string of the molecule is CC(C)[C@H](N)C(=O)OC[C@@H]1CN(C(C)C)CCO1. The minimum absolute atomic E-state index is 0.0375. The second-order valence-electron chi connectivity index (χ2n) is 5.48. The Morgan fingerprint density at radius 3 is 2.67 bits per heavy atom. The maximum Gasteiger partial charge on any atom is 0.323 e. The number of morpholine rings is 1. The van der Waals surface area contributed by atoms with E-state index in [9.17, 15) is 4.79 Å². The quantitative estimate of drug-likeness (QED) is 0.732. The number of esters is 1. The highest BCUT2D eigenvalue weighted by molar-refractivity contribution is 5.75. The van der Waals surface area contributed by atoms with Crippen molar-refractivity contribution < 1.29 is 14.3 Å². The molecule has 106 valence electrons. The third-order valence-corrected chi connectivity index (χ3v) is 3.30. The predicted molar refractivity (Wildman–Crippen MR) is 70.2 cm³/mol. The van der Waals surface area contributed by atoms with Crippen LogP contribution in [-0.2, 0) is 14.3 Å². The Balaban J connectivity index is 2.32. The van der Waals surface area contributed by atoms with Crippen molar-refractivity contribution in [3.05, 3.63) is 0 Å². The van der Waals surface area contributed by atoms with E-state index in [1.807, 2.05) is 13.8 Å². The summed E-state index contributed by atoms with van der Waals surface area (Å²) in [6, 6.07) is -0.0557. The van der Waals surface area contributed by atoms with Gasteiger partial charge in [-0.2, -0.15) is 0 Å². The molecule has 1 heterocycles. The summed E-state index contributed by atoms with van der Waals surface area (Å²) in [5, 5.41) is 0. The van der Waals surface area contributed by atoms with Crippen molar-refractivity contribution in [2.75, 3.05) is 26.3 Å². The third kappa shape index (κ3) is 4.55. The Bertz CT molecular complexity index is 269. The smallest absolute Gasteiger partial charge is 0.323 e. The van der Waals surface area contributed by atoms with E-state index in [2.05, 4.69) is 18.7 Å². The predicted octanol–water partition coefficient (Wildman–Crippen LogP) is 0.622. The first-order valence-corrected chi connectivity index (χ1v) is 6.69. The molecule has 1 aliphatic heterocycles. The summed E-state index contributed by atoms with van der Waals surface area (Å²) in [5.41, 5.74) is 5.73. The number of nitrogens with zero attached hydrogens (tertiary/aromatic N) is 1. The number of carbonyl (C=O) groups is 1. The Morgan fingerprint density at radius 1 is 1.44 bits per heavy atom. The van der Waals surface area contributed by atoms with Crippen molar-refractivity contribution in [3.8, 4) is 0 Å². The standard InChI is InChI=1S/C13H26N2O3/c1-9(2)12(14)13(16)18-8-11-7-15(10(3)4)5-6-17-11/h9-12H,5-8,14H2,1-4H3/t11-,12-/m0/s1. The summed E-state index contributed by atoms with van der Waals surface area (Å²) in [6.45, 7) is 10.9. The van der Waals surface area contributed by atoms with Crippen LogP contribution in [0, 0.1) is 5.92 Å². The average molecular weight is 258 g/mol. The van der Waals surface area contributed by atoms with Crippen LogP contribution in [0.3, 0.4) is 0 Å². The number of hydrogen-bond acceptors (Lipinski definition) is 5. The van der Waals surface area contributed by atoms with Gasteiger partial charge in [-0.25, -0.2) is 0 Å². The lowest BCUT2D eigenvalue weighted by molar-refractivity contribution is -0.153. The van der Waals surface area contributed by atoms with Gasteiger partial charge in [0.15, 0.2) is 0 Å². The van der Waals surface area contributed by atoms with E-state index < -0.39 is 6.04 Å². The Kier molecular flexibility index (Phi) is 6.05. The van der Waals surface area contributed by atoms with Crippen LogP contribution < -0.4 is 5.73 Å². The van der Waals surface area contributed by atoms with Crippen molar-refractivity contribution in [2.45, 2.75) is 45.9 Å². The molecule has 0 amide bonds. The van der Waals surface area contributed by atoms with Gasteiger partial charge in [0.05, 0.1) is 6.61 Å². The molecule has 5 nitrogen and oxygen atoms in total. The molecule has 1 fully saturated rings. The van der Waals surface area contributed by atoms with Crippen LogP contribution in [0.1, 0.15) is 27.7 Å². The Labute approximate surface area is 110 Å². The highest BCUT2D eigenvalue weighted by Gasteiger charge is 2.25. The molecule has 0 bridgehead atoms. The Morgan fingerprint density at radius 2 is 2.11 bits per heavy atom. The zero-order valence-electron chi connectivity index (χ0n) is 11.9. The highest BCUT2D eigenvalue weighted by atomic mass is 16.6. The molecule has 0 spiro atoms. The van der Waals surface area contributed by atoms with Gasteiger partial charge in [0.1, 0.15) is 18.8 Å². The molecule has 0 aromatic rings. The number of ether oxygens (including phenoxy) is 2. The number of carbonyl (C=O) groups excluding carboxylic acids is 1. The van der Waals surface area contributed by atoms with Crippen LogP contribution in [0.15, 0.2) is 0 Å². The molecule has 0 radical (unpaired) electrons. The lowest BCUT2D eigenvalue weighted by Gasteiger charge is -2.35. The van der Waals surface area contributed by atoms with Gasteiger partial charge in [-0.1, -0.05) is 13.8 Å². The van der Waals surface area contributed by atoms with Gasteiger partial charge in [0.2, 0.25) is 0 Å². The summed E-state index contributed by atoms with van der Waals surface area (Å²) in [7, 11) is 0. The van der Waals surface area contributed by atoms with Crippen LogP contribution in [0.4, 0.5) is 0 Å². The van der Waals surface area contributed by atoms with Crippen molar-refractivity contribution in [1.29, 1.82) is 0 Å². The summed E-state index contributed by atoms with van der Waals surface area (Å²) in [6.07, 6.45) is -0.0375. The minimum Gasteiger partial charge on any atom is -0.462 e. The van der Waals surface area contributed by atoms with Crippen LogP contribution in [0.5, 0.6) is 0 Å². The topological polar surface area (TPSA) is 64.8 Å². The lowest BCUT2D eigenvalue weighted by Crippen LogP contribution is -2.48. The van der Waals surface area contributed by atoms with E-state index >= 15 is 0 Å². The van der Waals surface area contributed by atoms with Gasteiger partial charge < -0.3 is 15.2 Å². The normalized spacial score (nSPS) is 23.4. The fraction of sp³-hybridized carbons (Fsp3) is 0.923. The molecule has 0 aromatic carbocycles. The molecule has 2 atom stereocenters. The third-order valence-electron chi connectivity index (χ3n) is 3.30. The van der Waals surface area contributed by atoms with E-state index in [1.54, 1.807) is 0 Å². The summed E-state index contributed by atoms with van der Waals surface area (Å²) in [5.74, 6) is -0.243. The summed E-state index contributed by atoms with van der Waals surface area (Å²) in [4.78, 5) is 13.9. The summed E-state index contributed by atoms with van der Waals surface area (Å²) < 4.78 is 10.8. The largest absolute Gasteiger partial charge is 0.462 e. The average Bonchev–Trinajstić information content (AvgIpc) is 2.35. The number of nitrogens with two attached hydrogens (primary N) is 1. The Hall–Kier alpha value is -0.650. The van der Waals surface area contributed by atoms with Crippen LogP contribution in [0.2, 0.25) is 0 Å². The van der Waals surface area contributed by atoms with E-state index in [4.69, 9.17) is 15.2 Å². The number of hydrogen-bond donors (Lipinski definition) is 1. The van der Waals surface area contributed by atoms with Gasteiger partial charge in [-0.3, -0.25) is 9.69 Å². The van der Waals surface area contributed by atoms with Crippen molar-refractivity contribution >= 4 is 5.97 Å². The molecule has 18 heavy (non-hydrogen) atoms. The molecule has 1 rings (SSSR count). The monoisotopic (exact) mass is 258 g/mol. The molecular formula is C13H26N2O3. The van der Waals surface area contributed by atoms with Gasteiger partial charge in [0, 0.05) is 19.1 Å². The second kappa shape index (κ2) is 7.07. The molecule has 1 saturated heterocycles. The highest BCUT2D eigenvalue weighted by Crippen LogP contribution is 2.10. The molecule has 0 aromatic heterocycles. The van der Waals surface area contributed by atoms with Crippen LogP contribution in [-0.4, -0.2) is 55.4 Å². The maximum absolute atomic E-state index is 11.6.